The molecule has 0 aromatic heterocycles. The van der Waals surface area contributed by atoms with E-state index in [1.807, 2.05) is 11.4 Å². The summed E-state index contributed by atoms with van der Waals surface area (Å²) in [4.78, 5) is 39.2. The molecule has 1 aliphatic heterocycles. The summed E-state index contributed by atoms with van der Waals surface area (Å²) < 4.78 is 0. The Kier molecular flexibility index (Phi) is 4.61. The number of benzene rings is 2. The molecule has 132 valence electrons. The van der Waals surface area contributed by atoms with Gasteiger partial charge >= 0.3 is 0 Å². The topological polar surface area (TPSA) is 128 Å². The Morgan fingerprint density at radius 3 is 2.62 bits per heavy atom. The Hall–Kier alpha value is -3.75. The monoisotopic (exact) mass is 353 g/mol. The number of fused-ring (bicyclic) bond motifs is 1. The van der Waals surface area contributed by atoms with Crippen LogP contribution >= 0.6 is 0 Å². The summed E-state index contributed by atoms with van der Waals surface area (Å²) in [6, 6.07) is 12.9. The summed E-state index contributed by atoms with van der Waals surface area (Å²) in [5.74, 6) is -0.445. The van der Waals surface area contributed by atoms with Gasteiger partial charge in [-0.25, -0.2) is 0 Å². The second-order valence-electron chi connectivity index (χ2n) is 5.43. The quantitative estimate of drug-likeness (QED) is 0.638. The molecule has 0 atom stereocenters. The number of non-ortho nitro benzene ring substituents is 1. The lowest BCUT2D eigenvalue weighted by molar-refractivity contribution is -0.384. The number of rotatable bonds is 4. The molecule has 9 nitrogen and oxygen atoms in total. The van der Waals surface area contributed by atoms with Crippen LogP contribution in [0, 0.1) is 10.1 Å². The van der Waals surface area contributed by atoms with Crippen molar-refractivity contribution >= 4 is 29.1 Å². The van der Waals surface area contributed by atoms with Crippen LogP contribution in [0.1, 0.15) is 11.1 Å². The third-order valence-electron chi connectivity index (χ3n) is 3.84. The minimum Gasteiger partial charge on any atom is -0.530 e. The largest absolute Gasteiger partial charge is 0.530 e. The number of amides is 2. The second-order valence-corrected chi connectivity index (χ2v) is 5.43. The lowest BCUT2D eigenvalue weighted by Crippen LogP contribution is -2.46. The van der Waals surface area contributed by atoms with Crippen LogP contribution in [0.15, 0.2) is 53.5 Å². The third-order valence-corrected chi connectivity index (χ3v) is 3.84. The van der Waals surface area contributed by atoms with Gasteiger partial charge in [-0.15, -0.1) is 0 Å². The normalized spacial score (nSPS) is 13.5. The zero-order valence-corrected chi connectivity index (χ0v) is 13.4. The highest BCUT2D eigenvalue weighted by atomic mass is 16.6. The molecule has 0 aliphatic carbocycles. The van der Waals surface area contributed by atoms with Crippen molar-refractivity contribution in [2.45, 2.75) is 0 Å². The van der Waals surface area contributed by atoms with E-state index in [1.54, 1.807) is 24.3 Å². The van der Waals surface area contributed by atoms with Crippen molar-refractivity contribution in [3.8, 4) is 0 Å². The number of hydrogen-bond acceptors (Lipinski definition) is 6. The highest BCUT2D eigenvalue weighted by Crippen LogP contribution is 2.30. The van der Waals surface area contributed by atoms with Crippen LogP contribution in [0.5, 0.6) is 0 Å². The molecule has 2 aromatic carbocycles. The van der Waals surface area contributed by atoms with E-state index in [0.717, 1.165) is 0 Å². The summed E-state index contributed by atoms with van der Waals surface area (Å²) in [6.07, 6.45) is -1.53. The molecule has 0 unspecified atom stereocenters. The maximum atomic E-state index is 12.4. The summed E-state index contributed by atoms with van der Waals surface area (Å²) >= 11 is 0. The van der Waals surface area contributed by atoms with E-state index in [0.29, 0.717) is 22.5 Å². The van der Waals surface area contributed by atoms with Gasteiger partial charge in [-0.1, -0.05) is 30.3 Å². The Morgan fingerprint density at radius 2 is 1.96 bits per heavy atom. The molecular formula is C17H13N4O5-. The van der Waals surface area contributed by atoms with Crippen LogP contribution in [-0.4, -0.2) is 35.8 Å². The molecule has 0 radical (unpaired) electrons. The van der Waals surface area contributed by atoms with E-state index < -0.39 is 16.9 Å². The zero-order chi connectivity index (χ0) is 18.7. The van der Waals surface area contributed by atoms with E-state index in [-0.39, 0.29) is 18.9 Å². The summed E-state index contributed by atoms with van der Waals surface area (Å²) in [6.45, 7) is -0.564. The van der Waals surface area contributed by atoms with E-state index in [9.17, 15) is 24.8 Å². The van der Waals surface area contributed by atoms with Gasteiger partial charge in [0, 0.05) is 23.3 Å². The number of nitrogens with one attached hydrogen (secondary N) is 1. The summed E-state index contributed by atoms with van der Waals surface area (Å²) in [5.41, 5.74) is 1.66. The van der Waals surface area contributed by atoms with Gasteiger partial charge in [0.1, 0.15) is 12.6 Å². The van der Waals surface area contributed by atoms with Gasteiger partial charge in [0.2, 0.25) is 5.91 Å². The minimum atomic E-state index is -1.53. The molecule has 2 aromatic rings. The number of benzodiazepines with no additional fused rings is 1. The number of aliphatic imine (C=N–C) groups is 1. The van der Waals surface area contributed by atoms with Crippen molar-refractivity contribution in [3.63, 3.8) is 0 Å². The van der Waals surface area contributed by atoms with E-state index in [2.05, 4.69) is 4.99 Å². The molecule has 9 heteroatoms. The first-order chi connectivity index (χ1) is 12.5. The number of nitro benzene ring substituents is 1. The van der Waals surface area contributed by atoms with Crippen LogP contribution in [0.2, 0.25) is 0 Å². The molecular weight excluding hydrogens is 340 g/mol. The number of nitro groups is 1. The van der Waals surface area contributed by atoms with Gasteiger partial charge in [-0.3, -0.25) is 24.8 Å². The van der Waals surface area contributed by atoms with Gasteiger partial charge in [0.15, 0.2) is 0 Å². The highest BCUT2D eigenvalue weighted by molar-refractivity contribution is 6.19. The predicted molar refractivity (Wildman–Crippen MR) is 90.9 cm³/mol. The SMILES string of the molecule is O=C([O-])NCN1C(=O)CN=C(c2ccccc2)c2cc([N+](=O)[O-])ccc21. The Labute approximate surface area is 147 Å². The highest BCUT2D eigenvalue weighted by Gasteiger charge is 2.26. The standard InChI is InChI=1S/C17H14N4O5/c22-15-9-18-16(11-4-2-1-3-5-11)13-8-12(21(25)26)6-7-14(13)20(15)10-19-17(23)24/h1-8,19H,9-10H2,(H,23,24)/p-1. The van der Waals surface area contributed by atoms with E-state index >= 15 is 0 Å². The van der Waals surface area contributed by atoms with Crippen molar-refractivity contribution in [1.29, 1.82) is 0 Å². The van der Waals surface area contributed by atoms with Crippen molar-refractivity contribution in [2.75, 3.05) is 18.1 Å². The first-order valence-electron chi connectivity index (χ1n) is 7.61. The minimum absolute atomic E-state index is 0.158. The maximum absolute atomic E-state index is 12.4. The fourth-order valence-corrected chi connectivity index (χ4v) is 2.67. The fraction of sp³-hybridized carbons (Fsp3) is 0.118. The van der Waals surface area contributed by atoms with E-state index in [4.69, 9.17) is 0 Å². The Balaban J connectivity index is 2.15. The van der Waals surface area contributed by atoms with Crippen LogP contribution in [-0.2, 0) is 4.79 Å². The average Bonchev–Trinajstić information content (AvgIpc) is 2.76. The lowest BCUT2D eigenvalue weighted by atomic mass is 9.99. The lowest BCUT2D eigenvalue weighted by Gasteiger charge is -2.24. The zero-order valence-electron chi connectivity index (χ0n) is 13.4. The Bertz CT molecular complexity index is 911. The molecule has 1 aliphatic rings. The number of carbonyl (C=O) groups excluding carboxylic acids is 2. The number of anilines is 1. The molecule has 1 N–H and O–H groups in total. The summed E-state index contributed by atoms with van der Waals surface area (Å²) in [7, 11) is 0. The molecule has 1 heterocycles. The first-order valence-corrected chi connectivity index (χ1v) is 7.61. The van der Waals surface area contributed by atoms with Gasteiger partial charge < -0.3 is 15.2 Å². The molecule has 26 heavy (non-hydrogen) atoms. The number of hydrogen-bond donors (Lipinski definition) is 1. The van der Waals surface area contributed by atoms with Crippen molar-refractivity contribution in [3.05, 3.63) is 69.8 Å². The van der Waals surface area contributed by atoms with Gasteiger partial charge in [-0.2, -0.15) is 0 Å². The smallest absolute Gasteiger partial charge is 0.270 e. The van der Waals surface area contributed by atoms with E-state index in [1.165, 1.54) is 23.1 Å². The molecule has 0 saturated carbocycles. The summed E-state index contributed by atoms with van der Waals surface area (Å²) in [5, 5.41) is 23.9. The molecule has 0 spiro atoms. The van der Waals surface area contributed by atoms with Crippen molar-refractivity contribution in [2.24, 2.45) is 4.99 Å². The van der Waals surface area contributed by atoms with Crippen LogP contribution < -0.4 is 15.3 Å². The molecule has 0 saturated heterocycles. The molecule has 2 amide bonds. The van der Waals surface area contributed by atoms with Crippen LogP contribution in [0.4, 0.5) is 16.2 Å². The van der Waals surface area contributed by atoms with Gasteiger partial charge in [0.25, 0.3) is 5.69 Å². The van der Waals surface area contributed by atoms with Crippen LogP contribution in [0.3, 0.4) is 0 Å². The number of carboxylic acid groups (broad SMARTS) is 1. The maximum Gasteiger partial charge on any atom is 0.270 e. The fourth-order valence-electron chi connectivity index (χ4n) is 2.67. The van der Waals surface area contributed by atoms with Crippen molar-refractivity contribution in [1.82, 2.24) is 5.32 Å². The third kappa shape index (κ3) is 3.36. The molecule has 0 bridgehead atoms. The van der Waals surface area contributed by atoms with Gasteiger partial charge in [0.05, 0.1) is 23.0 Å². The number of nitrogens with zero attached hydrogens (tertiary/aromatic N) is 3. The first kappa shape index (κ1) is 17.1. The molecule has 3 rings (SSSR count). The average molecular weight is 353 g/mol. The Morgan fingerprint density at radius 1 is 1.23 bits per heavy atom. The second kappa shape index (κ2) is 7.01. The predicted octanol–water partition coefficient (Wildman–Crippen LogP) is 0.669. The van der Waals surface area contributed by atoms with Crippen LogP contribution in [0.25, 0.3) is 0 Å². The number of carbonyl (C=O) groups is 2. The van der Waals surface area contributed by atoms with Crippen molar-refractivity contribution < 1.29 is 19.6 Å². The molecule has 0 fully saturated rings. The van der Waals surface area contributed by atoms with Gasteiger partial charge in [-0.05, 0) is 6.07 Å².